The first-order valence-corrected chi connectivity index (χ1v) is 2.73. The van der Waals surface area contributed by atoms with Crippen LogP contribution in [0.2, 0.25) is 0 Å². The number of nitrogens with zero attached hydrogens (tertiary/aromatic N) is 1. The van der Waals surface area contributed by atoms with Gasteiger partial charge in [-0.1, -0.05) is 13.2 Å². The normalized spacial score (nSPS) is 9.56. The number of hydrogen-bond donors (Lipinski definition) is 1. The highest BCUT2D eigenvalue weighted by molar-refractivity contribution is 5.58. The van der Waals surface area contributed by atoms with Gasteiger partial charge in [-0.25, -0.2) is 4.99 Å². The Morgan fingerprint density at radius 2 is 2.00 bits per heavy atom. The van der Waals surface area contributed by atoms with Crippen molar-refractivity contribution in [3.63, 3.8) is 0 Å². The summed E-state index contributed by atoms with van der Waals surface area (Å²) in [5, 5.41) is 2.83. The number of nitrogens with one attached hydrogen (secondary N) is 1. The summed E-state index contributed by atoms with van der Waals surface area (Å²) in [7, 11) is 0. The van der Waals surface area contributed by atoms with E-state index in [1.54, 1.807) is 6.34 Å². The van der Waals surface area contributed by atoms with Crippen LogP contribution in [0.1, 0.15) is 13.8 Å². The summed E-state index contributed by atoms with van der Waals surface area (Å²) in [6.45, 7) is 10.9. The smallest absolute Gasteiger partial charge is 0.0923 e. The van der Waals surface area contributed by atoms with Crippen LogP contribution in [0.5, 0.6) is 0 Å². The number of rotatable bonds is 3. The van der Waals surface area contributed by atoms with Gasteiger partial charge in [0.25, 0.3) is 0 Å². The van der Waals surface area contributed by atoms with Crippen LogP contribution in [0.3, 0.4) is 0 Å². The van der Waals surface area contributed by atoms with Crippen molar-refractivity contribution in [3.05, 3.63) is 24.6 Å². The molecule has 0 aromatic carbocycles. The fraction of sp³-hybridized carbons (Fsp3) is 0.286. The molecule has 0 aliphatic heterocycles. The molecule has 1 N–H and O–H groups in total. The van der Waals surface area contributed by atoms with E-state index in [0.717, 1.165) is 11.4 Å². The van der Waals surface area contributed by atoms with Gasteiger partial charge in [-0.3, -0.25) is 0 Å². The summed E-state index contributed by atoms with van der Waals surface area (Å²) in [4.78, 5) is 3.87. The highest BCUT2D eigenvalue weighted by Gasteiger charge is 1.74. The van der Waals surface area contributed by atoms with E-state index < -0.39 is 0 Å². The summed E-state index contributed by atoms with van der Waals surface area (Å²) in [6.07, 6.45) is 1.57. The van der Waals surface area contributed by atoms with E-state index in [1.807, 2.05) is 13.8 Å². The van der Waals surface area contributed by atoms with Crippen molar-refractivity contribution < 1.29 is 0 Å². The van der Waals surface area contributed by atoms with Gasteiger partial charge in [-0.2, -0.15) is 0 Å². The van der Waals surface area contributed by atoms with Crippen molar-refractivity contribution in [2.24, 2.45) is 4.99 Å². The Balaban J connectivity index is 3.48. The maximum atomic E-state index is 3.87. The molecule has 0 atom stereocenters. The molecule has 0 spiro atoms. The lowest BCUT2D eigenvalue weighted by Crippen LogP contribution is -2.05. The Bertz CT molecular complexity index is 145. The first kappa shape index (κ1) is 7.95. The van der Waals surface area contributed by atoms with Crippen LogP contribution in [0.25, 0.3) is 0 Å². The average molecular weight is 124 g/mol. The standard InChI is InChI=1S/C7H12N2/c1-6(2)8-5-9-7(3)4/h5H,1,3H2,2,4H3,(H,8,9). The Morgan fingerprint density at radius 3 is 2.33 bits per heavy atom. The van der Waals surface area contributed by atoms with Crippen LogP contribution in [0.4, 0.5) is 0 Å². The maximum Gasteiger partial charge on any atom is 0.0923 e. The van der Waals surface area contributed by atoms with Gasteiger partial charge < -0.3 is 5.32 Å². The maximum absolute atomic E-state index is 3.87. The van der Waals surface area contributed by atoms with Gasteiger partial charge >= 0.3 is 0 Å². The summed E-state index contributed by atoms with van der Waals surface area (Å²) in [5.74, 6) is 0. The van der Waals surface area contributed by atoms with Crippen LogP contribution in [-0.4, -0.2) is 6.34 Å². The fourth-order valence-electron chi connectivity index (χ4n) is 0.253. The molecule has 0 aromatic heterocycles. The van der Waals surface area contributed by atoms with Crippen LogP contribution < -0.4 is 5.32 Å². The zero-order valence-corrected chi connectivity index (χ0v) is 5.94. The molecule has 0 amide bonds. The molecular formula is C7H12N2. The molecule has 0 saturated heterocycles. The summed E-state index contributed by atoms with van der Waals surface area (Å²) in [5.41, 5.74) is 1.66. The van der Waals surface area contributed by atoms with Crippen LogP contribution in [0.15, 0.2) is 29.5 Å². The lowest BCUT2D eigenvalue weighted by atomic mass is 10.6. The second kappa shape index (κ2) is 3.89. The predicted octanol–water partition coefficient (Wildman–Crippen LogP) is 1.67. The first-order valence-electron chi connectivity index (χ1n) is 2.73. The van der Waals surface area contributed by atoms with E-state index >= 15 is 0 Å². The van der Waals surface area contributed by atoms with Gasteiger partial charge in [0.1, 0.15) is 0 Å². The number of aliphatic imine (C=N–C) groups is 1. The van der Waals surface area contributed by atoms with E-state index in [-0.39, 0.29) is 0 Å². The van der Waals surface area contributed by atoms with Crippen LogP contribution in [-0.2, 0) is 0 Å². The van der Waals surface area contributed by atoms with Crippen molar-refractivity contribution in [2.75, 3.05) is 0 Å². The SMILES string of the molecule is C=C(C)N=CNC(=C)C. The van der Waals surface area contributed by atoms with Crippen molar-refractivity contribution in [2.45, 2.75) is 13.8 Å². The lowest BCUT2D eigenvalue weighted by Gasteiger charge is -1.93. The number of allylic oxidation sites excluding steroid dienone is 2. The molecule has 0 aromatic rings. The topological polar surface area (TPSA) is 24.4 Å². The molecule has 0 unspecified atom stereocenters. The largest absolute Gasteiger partial charge is 0.351 e. The van der Waals surface area contributed by atoms with E-state index in [4.69, 9.17) is 0 Å². The second-order valence-corrected chi connectivity index (χ2v) is 1.92. The molecule has 0 radical (unpaired) electrons. The quantitative estimate of drug-likeness (QED) is 0.449. The molecular weight excluding hydrogens is 112 g/mol. The molecule has 0 heterocycles. The summed E-state index contributed by atoms with van der Waals surface area (Å²) >= 11 is 0. The first-order chi connectivity index (χ1) is 4.13. The third kappa shape index (κ3) is 6.95. The minimum atomic E-state index is 0.781. The Labute approximate surface area is 56.0 Å². The van der Waals surface area contributed by atoms with Crippen LogP contribution >= 0.6 is 0 Å². The van der Waals surface area contributed by atoms with E-state index in [2.05, 4.69) is 23.5 Å². The summed E-state index contributed by atoms with van der Waals surface area (Å²) in [6, 6.07) is 0. The second-order valence-electron chi connectivity index (χ2n) is 1.92. The van der Waals surface area contributed by atoms with Gasteiger partial charge in [0.15, 0.2) is 0 Å². The van der Waals surface area contributed by atoms with Gasteiger partial charge in [0.05, 0.1) is 6.34 Å². The molecule has 0 aliphatic rings. The average Bonchev–Trinajstić information content (AvgIpc) is 1.63. The minimum absolute atomic E-state index is 0.781. The molecule has 2 heteroatoms. The highest BCUT2D eigenvalue weighted by Crippen LogP contribution is 1.84. The zero-order chi connectivity index (χ0) is 7.28. The van der Waals surface area contributed by atoms with Crippen LogP contribution in [0, 0.1) is 0 Å². The molecule has 0 bridgehead atoms. The predicted molar refractivity (Wildman–Crippen MR) is 41.3 cm³/mol. The fourth-order valence-corrected chi connectivity index (χ4v) is 0.253. The Hall–Kier alpha value is -1.05. The molecule has 2 nitrogen and oxygen atoms in total. The van der Waals surface area contributed by atoms with E-state index in [0.29, 0.717) is 0 Å². The lowest BCUT2D eigenvalue weighted by molar-refractivity contribution is 1.14. The van der Waals surface area contributed by atoms with Crippen molar-refractivity contribution >= 4 is 6.34 Å². The van der Waals surface area contributed by atoms with Crippen molar-refractivity contribution in [3.8, 4) is 0 Å². The van der Waals surface area contributed by atoms with Gasteiger partial charge in [0, 0.05) is 11.4 Å². The van der Waals surface area contributed by atoms with Gasteiger partial charge in [0.2, 0.25) is 0 Å². The van der Waals surface area contributed by atoms with Crippen molar-refractivity contribution in [1.29, 1.82) is 0 Å². The third-order valence-electron chi connectivity index (χ3n) is 0.596. The van der Waals surface area contributed by atoms with E-state index in [9.17, 15) is 0 Å². The zero-order valence-electron chi connectivity index (χ0n) is 5.94. The highest BCUT2D eigenvalue weighted by atomic mass is 14.9. The summed E-state index contributed by atoms with van der Waals surface area (Å²) < 4.78 is 0. The molecule has 0 fully saturated rings. The van der Waals surface area contributed by atoms with Gasteiger partial charge in [-0.05, 0) is 13.8 Å². The Morgan fingerprint density at radius 1 is 1.44 bits per heavy atom. The molecule has 0 saturated carbocycles. The molecule has 0 rings (SSSR count). The minimum Gasteiger partial charge on any atom is -0.351 e. The monoisotopic (exact) mass is 124 g/mol. The third-order valence-corrected chi connectivity index (χ3v) is 0.596. The van der Waals surface area contributed by atoms with Gasteiger partial charge in [-0.15, -0.1) is 0 Å². The Kier molecular flexibility index (Phi) is 3.44. The molecule has 50 valence electrons. The molecule has 9 heavy (non-hydrogen) atoms. The van der Waals surface area contributed by atoms with E-state index in [1.165, 1.54) is 0 Å². The number of hydrogen-bond acceptors (Lipinski definition) is 1. The van der Waals surface area contributed by atoms with Crippen molar-refractivity contribution in [1.82, 2.24) is 5.32 Å². The molecule has 0 aliphatic carbocycles.